The van der Waals surface area contributed by atoms with Gasteiger partial charge in [0.05, 0.1) is 30.5 Å². The highest BCUT2D eigenvalue weighted by Crippen LogP contribution is 2.30. The van der Waals surface area contributed by atoms with E-state index < -0.39 is 36.0 Å². The average molecular weight is 479 g/mol. The largest absolute Gasteiger partial charge is 0.390 e. The molecule has 0 aliphatic carbocycles. The van der Waals surface area contributed by atoms with Crippen molar-refractivity contribution >= 4 is 38.9 Å². The molecule has 0 radical (unpaired) electrons. The van der Waals surface area contributed by atoms with E-state index in [4.69, 9.17) is 17.0 Å². The predicted molar refractivity (Wildman–Crippen MR) is 118 cm³/mol. The number of hydrogen-bond donors (Lipinski definition) is 1. The lowest BCUT2D eigenvalue weighted by atomic mass is 10.1. The van der Waals surface area contributed by atoms with Gasteiger partial charge in [0.25, 0.3) is 5.56 Å². The number of methoxy groups -OCH3 is 1. The first kappa shape index (κ1) is 23.7. The van der Waals surface area contributed by atoms with E-state index in [1.165, 1.54) is 18.4 Å². The van der Waals surface area contributed by atoms with Crippen LogP contribution in [-0.4, -0.2) is 51.1 Å². The van der Waals surface area contributed by atoms with Crippen LogP contribution in [0.1, 0.15) is 30.7 Å². The van der Waals surface area contributed by atoms with Gasteiger partial charge in [0.15, 0.2) is 5.11 Å². The maximum absolute atomic E-state index is 13.3. The number of aromatic nitrogens is 2. The molecule has 7 nitrogen and oxygen atoms in total. The summed E-state index contributed by atoms with van der Waals surface area (Å²) in [6.45, 7) is 6.35. The zero-order chi connectivity index (χ0) is 23.1. The van der Waals surface area contributed by atoms with Crippen LogP contribution in [0.3, 0.4) is 0 Å². The van der Waals surface area contributed by atoms with E-state index >= 15 is 0 Å². The third-order valence-electron chi connectivity index (χ3n) is 5.38. The number of ether oxygens (including phenoxy) is 1. The highest BCUT2D eigenvalue weighted by atomic mass is 32.1. The SMILES string of the molecule is COC(C)(C)Cn1c(=O)c2c(C)c(CN3CCNC3=S)sc2n(CCC(F)(F)F)c1=O. The van der Waals surface area contributed by atoms with Crippen molar-refractivity contribution in [3.8, 4) is 0 Å². The van der Waals surface area contributed by atoms with Crippen molar-refractivity contribution in [1.29, 1.82) is 0 Å². The number of thiocarbonyl (C=S) groups is 1. The first-order chi connectivity index (χ1) is 14.3. The van der Waals surface area contributed by atoms with Gasteiger partial charge in [0.1, 0.15) is 4.83 Å². The van der Waals surface area contributed by atoms with E-state index in [1.54, 1.807) is 20.8 Å². The normalized spacial score (nSPS) is 15.2. The van der Waals surface area contributed by atoms with Crippen LogP contribution in [0.15, 0.2) is 9.59 Å². The van der Waals surface area contributed by atoms with Crippen LogP contribution in [0.25, 0.3) is 10.2 Å². The molecule has 0 unspecified atom stereocenters. The number of rotatable bonds is 7. The van der Waals surface area contributed by atoms with Gasteiger partial charge in [-0.2, -0.15) is 13.2 Å². The minimum Gasteiger partial charge on any atom is -0.377 e. The number of thiophene rings is 1. The number of alkyl halides is 3. The monoisotopic (exact) mass is 478 g/mol. The van der Waals surface area contributed by atoms with E-state index in [0.29, 0.717) is 30.3 Å². The Hall–Kier alpha value is -1.92. The summed E-state index contributed by atoms with van der Waals surface area (Å²) >= 11 is 6.44. The van der Waals surface area contributed by atoms with Crippen LogP contribution in [0.2, 0.25) is 0 Å². The molecule has 12 heteroatoms. The van der Waals surface area contributed by atoms with Crippen molar-refractivity contribution < 1.29 is 17.9 Å². The van der Waals surface area contributed by atoms with E-state index in [0.717, 1.165) is 14.0 Å². The van der Waals surface area contributed by atoms with Gasteiger partial charge in [-0.25, -0.2) is 4.79 Å². The van der Waals surface area contributed by atoms with Gasteiger partial charge < -0.3 is 15.0 Å². The fourth-order valence-electron chi connectivity index (χ4n) is 3.45. The van der Waals surface area contributed by atoms with Crippen LogP contribution in [0.5, 0.6) is 0 Å². The number of nitrogens with one attached hydrogen (secondary N) is 1. The molecule has 172 valence electrons. The first-order valence-electron chi connectivity index (χ1n) is 9.75. The molecule has 2 aromatic rings. The standard InChI is InChI=1S/C19H25F3N4O3S2/c1-11-12(9-24-8-6-23-16(24)30)31-15-13(11)14(27)26(10-18(2,3)29-4)17(28)25(15)7-5-19(20,21)22/h5-10H2,1-4H3,(H,23,30). The van der Waals surface area contributed by atoms with E-state index in [2.05, 4.69) is 5.32 Å². The lowest BCUT2D eigenvalue weighted by Crippen LogP contribution is -2.45. The van der Waals surface area contributed by atoms with Gasteiger partial charge in [-0.15, -0.1) is 11.3 Å². The number of aryl methyl sites for hydroxylation is 2. The Bertz CT molecular complexity index is 1120. The van der Waals surface area contributed by atoms with Crippen molar-refractivity contribution in [3.63, 3.8) is 0 Å². The van der Waals surface area contributed by atoms with Gasteiger partial charge in [0.2, 0.25) is 0 Å². The Labute approximate surface area is 186 Å². The van der Waals surface area contributed by atoms with Gasteiger partial charge >= 0.3 is 11.9 Å². The maximum Gasteiger partial charge on any atom is 0.390 e. The molecule has 0 atom stereocenters. The van der Waals surface area contributed by atoms with Crippen LogP contribution < -0.4 is 16.6 Å². The van der Waals surface area contributed by atoms with E-state index in [9.17, 15) is 22.8 Å². The zero-order valence-electron chi connectivity index (χ0n) is 17.8. The summed E-state index contributed by atoms with van der Waals surface area (Å²) in [6, 6.07) is 0. The summed E-state index contributed by atoms with van der Waals surface area (Å²) in [7, 11) is 1.45. The minimum atomic E-state index is -4.43. The van der Waals surface area contributed by atoms with Crippen molar-refractivity contribution in [2.24, 2.45) is 0 Å². The lowest BCUT2D eigenvalue weighted by molar-refractivity contribution is -0.136. The van der Waals surface area contributed by atoms with E-state index in [-0.39, 0.29) is 16.8 Å². The second-order valence-corrected chi connectivity index (χ2v) is 9.61. The third kappa shape index (κ3) is 4.96. The Morgan fingerprint density at radius 1 is 1.23 bits per heavy atom. The average Bonchev–Trinajstić information content (AvgIpc) is 3.21. The van der Waals surface area contributed by atoms with Crippen LogP contribution in [0.4, 0.5) is 13.2 Å². The minimum absolute atomic E-state index is 0.0755. The number of nitrogens with zero attached hydrogens (tertiary/aromatic N) is 3. The summed E-state index contributed by atoms with van der Waals surface area (Å²) < 4.78 is 46.2. The summed E-state index contributed by atoms with van der Waals surface area (Å²) in [6.07, 6.45) is -5.60. The zero-order valence-corrected chi connectivity index (χ0v) is 19.4. The second-order valence-electron chi connectivity index (χ2n) is 8.14. The highest BCUT2D eigenvalue weighted by molar-refractivity contribution is 7.80. The number of fused-ring (bicyclic) bond motifs is 1. The topological polar surface area (TPSA) is 68.5 Å². The summed E-state index contributed by atoms with van der Waals surface area (Å²) in [4.78, 5) is 29.3. The second kappa shape index (κ2) is 8.55. The summed E-state index contributed by atoms with van der Waals surface area (Å²) in [5.74, 6) is 0. The third-order valence-corrected chi connectivity index (χ3v) is 7.09. The van der Waals surface area contributed by atoms with Crippen molar-refractivity contribution in [3.05, 3.63) is 31.3 Å². The predicted octanol–water partition coefficient (Wildman–Crippen LogP) is 2.60. The molecule has 1 N–H and O–H groups in total. The molecule has 31 heavy (non-hydrogen) atoms. The molecule has 0 aromatic carbocycles. The molecule has 3 heterocycles. The Morgan fingerprint density at radius 2 is 1.90 bits per heavy atom. The lowest BCUT2D eigenvalue weighted by Gasteiger charge is -2.24. The fourth-order valence-corrected chi connectivity index (χ4v) is 5.04. The van der Waals surface area contributed by atoms with Crippen LogP contribution in [0, 0.1) is 6.92 Å². The highest BCUT2D eigenvalue weighted by Gasteiger charge is 2.30. The van der Waals surface area contributed by atoms with Gasteiger partial charge in [0, 0.05) is 31.6 Å². The van der Waals surface area contributed by atoms with E-state index in [1.807, 2.05) is 4.90 Å². The molecule has 1 aliphatic rings. The first-order valence-corrected chi connectivity index (χ1v) is 11.0. The van der Waals surface area contributed by atoms with Crippen molar-refractivity contribution in [2.75, 3.05) is 20.2 Å². The maximum atomic E-state index is 13.3. The molecule has 0 bridgehead atoms. The van der Waals surface area contributed by atoms with Crippen LogP contribution >= 0.6 is 23.6 Å². The molecule has 3 rings (SSSR count). The Balaban J connectivity index is 2.19. The van der Waals surface area contributed by atoms with Crippen molar-refractivity contribution in [1.82, 2.24) is 19.4 Å². The fraction of sp³-hybridized carbons (Fsp3) is 0.632. The molecule has 0 amide bonds. The summed E-state index contributed by atoms with van der Waals surface area (Å²) in [5, 5.41) is 3.91. The smallest absolute Gasteiger partial charge is 0.377 e. The van der Waals surface area contributed by atoms with Gasteiger partial charge in [-0.05, 0) is 38.6 Å². The van der Waals surface area contributed by atoms with Crippen LogP contribution in [-0.2, 0) is 24.4 Å². The number of hydrogen-bond acceptors (Lipinski definition) is 5. The summed E-state index contributed by atoms with van der Waals surface area (Å²) in [5.41, 5.74) is -1.48. The van der Waals surface area contributed by atoms with Gasteiger partial charge in [-0.3, -0.25) is 13.9 Å². The Morgan fingerprint density at radius 3 is 2.45 bits per heavy atom. The quantitative estimate of drug-likeness (QED) is 0.617. The molecule has 0 saturated carbocycles. The number of halogens is 3. The van der Waals surface area contributed by atoms with Gasteiger partial charge in [-0.1, -0.05) is 0 Å². The molecular weight excluding hydrogens is 453 g/mol. The molecule has 2 aromatic heterocycles. The molecule has 1 aliphatic heterocycles. The Kier molecular flexibility index (Phi) is 6.55. The molecular formula is C19H25F3N4O3S2. The molecule has 1 saturated heterocycles. The van der Waals surface area contributed by atoms with Crippen molar-refractivity contribution in [2.45, 2.75) is 58.6 Å². The molecule has 0 spiro atoms. The molecule has 1 fully saturated rings.